The Labute approximate surface area is 180 Å². The molecule has 1 fully saturated rings. The van der Waals surface area contributed by atoms with Crippen molar-refractivity contribution in [2.24, 2.45) is 5.92 Å². The molecule has 0 unspecified atom stereocenters. The fourth-order valence-electron chi connectivity index (χ4n) is 4.00. The monoisotopic (exact) mass is 429 g/mol. The molecule has 0 radical (unpaired) electrons. The van der Waals surface area contributed by atoms with Crippen molar-refractivity contribution in [3.63, 3.8) is 0 Å². The van der Waals surface area contributed by atoms with Crippen LogP contribution in [0.15, 0.2) is 24.3 Å². The highest BCUT2D eigenvalue weighted by molar-refractivity contribution is 6.05. The van der Waals surface area contributed by atoms with E-state index >= 15 is 0 Å². The second-order valence-electron chi connectivity index (χ2n) is 8.33. The number of carbonyl (C=O) groups excluding carboxylic acids is 2. The first kappa shape index (κ1) is 21.2. The molecule has 1 saturated heterocycles. The molecule has 0 aliphatic carbocycles. The van der Waals surface area contributed by atoms with E-state index in [9.17, 15) is 14.0 Å². The largest absolute Gasteiger partial charge is 0.367 e. The number of amides is 2. The van der Waals surface area contributed by atoms with E-state index in [-0.39, 0.29) is 35.1 Å². The minimum atomic E-state index is -0.399. The number of benzene rings is 1. The van der Waals surface area contributed by atoms with Gasteiger partial charge in [-0.05, 0) is 18.1 Å². The number of carbonyl (C=O) groups is 2. The number of anilines is 1. The van der Waals surface area contributed by atoms with Crippen molar-refractivity contribution in [2.75, 3.05) is 44.2 Å². The first-order valence-electron chi connectivity index (χ1n) is 10.7. The standard InChI is InChI=1S/C21H28FN7O2/c1-14(2)16-13-29-19(21(31)24-16)18(25-26-29)20(30)23-7-8-27-9-11-28(12-10-27)17-6-4-3-5-15(17)22/h3-6,14,16H,7-13H2,1-2H3,(H,23,30)(H,24,31)/t16-/m1/s1. The number of nitrogens with zero attached hydrogens (tertiary/aromatic N) is 5. The first-order valence-corrected chi connectivity index (χ1v) is 10.7. The third kappa shape index (κ3) is 4.53. The lowest BCUT2D eigenvalue weighted by Crippen LogP contribution is -2.49. The molecule has 0 bridgehead atoms. The van der Waals surface area contributed by atoms with Crippen LogP contribution in [0.2, 0.25) is 0 Å². The molecular weight excluding hydrogens is 401 g/mol. The van der Waals surface area contributed by atoms with Crippen molar-refractivity contribution in [3.8, 4) is 0 Å². The van der Waals surface area contributed by atoms with Gasteiger partial charge in [0.25, 0.3) is 11.8 Å². The molecule has 0 spiro atoms. The van der Waals surface area contributed by atoms with Crippen LogP contribution in [0.1, 0.15) is 34.8 Å². The van der Waals surface area contributed by atoms with E-state index in [4.69, 9.17) is 0 Å². The molecule has 2 N–H and O–H groups in total. The Morgan fingerprint density at radius 1 is 1.26 bits per heavy atom. The number of para-hydroxylation sites is 1. The highest BCUT2D eigenvalue weighted by Crippen LogP contribution is 2.20. The summed E-state index contributed by atoms with van der Waals surface area (Å²) in [6.07, 6.45) is 0. The van der Waals surface area contributed by atoms with Gasteiger partial charge < -0.3 is 15.5 Å². The quantitative estimate of drug-likeness (QED) is 0.703. The molecule has 2 aromatic rings. The zero-order valence-electron chi connectivity index (χ0n) is 17.8. The van der Waals surface area contributed by atoms with Crippen LogP contribution in [-0.4, -0.2) is 77.0 Å². The van der Waals surface area contributed by atoms with E-state index in [0.29, 0.717) is 25.3 Å². The Balaban J connectivity index is 1.27. The minimum Gasteiger partial charge on any atom is -0.367 e. The van der Waals surface area contributed by atoms with Gasteiger partial charge in [0.1, 0.15) is 5.82 Å². The Morgan fingerprint density at radius 2 is 2.00 bits per heavy atom. The fraction of sp³-hybridized carbons (Fsp3) is 0.524. The molecule has 1 aromatic heterocycles. The Hall–Kier alpha value is -3.01. The summed E-state index contributed by atoms with van der Waals surface area (Å²) in [6, 6.07) is 6.78. The highest BCUT2D eigenvalue weighted by Gasteiger charge is 2.33. The van der Waals surface area contributed by atoms with Crippen LogP contribution in [-0.2, 0) is 6.54 Å². The maximum Gasteiger partial charge on any atom is 0.274 e. The van der Waals surface area contributed by atoms with E-state index in [1.807, 2.05) is 24.8 Å². The molecule has 10 heteroatoms. The zero-order valence-corrected chi connectivity index (χ0v) is 17.8. The fourth-order valence-corrected chi connectivity index (χ4v) is 4.00. The van der Waals surface area contributed by atoms with Crippen LogP contribution >= 0.6 is 0 Å². The van der Waals surface area contributed by atoms with Crippen LogP contribution in [0.3, 0.4) is 0 Å². The topological polar surface area (TPSA) is 95.4 Å². The SMILES string of the molecule is CC(C)[C@H]1Cn2nnc(C(=O)NCCN3CCN(c4ccccc4F)CC3)c2C(=O)N1. The summed E-state index contributed by atoms with van der Waals surface area (Å²) in [5.74, 6) is -0.657. The van der Waals surface area contributed by atoms with Crippen LogP contribution in [0.5, 0.6) is 0 Å². The highest BCUT2D eigenvalue weighted by atomic mass is 19.1. The molecule has 166 valence electrons. The van der Waals surface area contributed by atoms with Gasteiger partial charge in [0.15, 0.2) is 11.4 Å². The maximum absolute atomic E-state index is 14.0. The van der Waals surface area contributed by atoms with Crippen molar-refractivity contribution >= 4 is 17.5 Å². The summed E-state index contributed by atoms with van der Waals surface area (Å²) in [6.45, 7) is 8.67. The van der Waals surface area contributed by atoms with Crippen molar-refractivity contribution in [1.29, 1.82) is 0 Å². The van der Waals surface area contributed by atoms with E-state index in [2.05, 4.69) is 25.8 Å². The molecule has 2 amide bonds. The molecule has 2 aliphatic rings. The molecule has 31 heavy (non-hydrogen) atoms. The van der Waals surface area contributed by atoms with Crippen LogP contribution < -0.4 is 15.5 Å². The predicted molar refractivity (Wildman–Crippen MR) is 114 cm³/mol. The average Bonchev–Trinajstić information content (AvgIpc) is 3.19. The van der Waals surface area contributed by atoms with Gasteiger partial charge in [-0.3, -0.25) is 14.5 Å². The molecule has 4 rings (SSSR count). The Morgan fingerprint density at radius 3 is 2.71 bits per heavy atom. The zero-order chi connectivity index (χ0) is 22.0. The summed E-state index contributed by atoms with van der Waals surface area (Å²) in [5, 5.41) is 13.7. The second kappa shape index (κ2) is 9.01. The third-order valence-electron chi connectivity index (χ3n) is 5.94. The number of nitrogens with one attached hydrogen (secondary N) is 2. The molecule has 3 heterocycles. The lowest BCUT2D eigenvalue weighted by Gasteiger charge is -2.36. The van der Waals surface area contributed by atoms with Crippen molar-refractivity contribution in [2.45, 2.75) is 26.4 Å². The van der Waals surface area contributed by atoms with E-state index in [1.165, 1.54) is 10.7 Å². The number of halogens is 1. The number of fused-ring (bicyclic) bond motifs is 1. The second-order valence-corrected chi connectivity index (χ2v) is 8.33. The molecule has 9 nitrogen and oxygen atoms in total. The lowest BCUT2D eigenvalue weighted by molar-refractivity contribution is 0.0861. The molecule has 1 atom stereocenters. The summed E-state index contributed by atoms with van der Waals surface area (Å²) in [5.41, 5.74) is 0.905. The minimum absolute atomic E-state index is 0.0272. The summed E-state index contributed by atoms with van der Waals surface area (Å²) >= 11 is 0. The maximum atomic E-state index is 14.0. The van der Waals surface area contributed by atoms with Gasteiger partial charge in [-0.15, -0.1) is 5.10 Å². The summed E-state index contributed by atoms with van der Waals surface area (Å²) in [7, 11) is 0. The van der Waals surface area contributed by atoms with Crippen LogP contribution in [0, 0.1) is 11.7 Å². The lowest BCUT2D eigenvalue weighted by atomic mass is 10.0. The third-order valence-corrected chi connectivity index (χ3v) is 5.94. The van der Waals surface area contributed by atoms with Gasteiger partial charge in [0.05, 0.1) is 18.3 Å². The van der Waals surface area contributed by atoms with Gasteiger partial charge in [-0.25, -0.2) is 9.07 Å². The normalized spacial score (nSPS) is 19.3. The smallest absolute Gasteiger partial charge is 0.274 e. The van der Waals surface area contributed by atoms with E-state index in [1.54, 1.807) is 12.1 Å². The Kier molecular flexibility index (Phi) is 6.17. The first-order chi connectivity index (χ1) is 14.9. The van der Waals surface area contributed by atoms with Crippen molar-refractivity contribution in [3.05, 3.63) is 41.5 Å². The number of piperazine rings is 1. The number of aromatic nitrogens is 3. The van der Waals surface area contributed by atoms with E-state index < -0.39 is 5.91 Å². The van der Waals surface area contributed by atoms with Gasteiger partial charge in [0.2, 0.25) is 0 Å². The summed E-state index contributed by atoms with van der Waals surface area (Å²) < 4.78 is 15.5. The summed E-state index contributed by atoms with van der Waals surface area (Å²) in [4.78, 5) is 29.3. The molecule has 1 aromatic carbocycles. The number of hydrogen-bond donors (Lipinski definition) is 2. The average molecular weight is 430 g/mol. The van der Waals surface area contributed by atoms with Crippen molar-refractivity contribution in [1.82, 2.24) is 30.5 Å². The van der Waals surface area contributed by atoms with Gasteiger partial charge in [-0.2, -0.15) is 0 Å². The predicted octanol–water partition coefficient (Wildman–Crippen LogP) is 0.737. The van der Waals surface area contributed by atoms with Crippen molar-refractivity contribution < 1.29 is 14.0 Å². The van der Waals surface area contributed by atoms with E-state index in [0.717, 1.165) is 26.2 Å². The number of rotatable bonds is 6. The van der Waals surface area contributed by atoms with Crippen LogP contribution in [0.4, 0.5) is 10.1 Å². The van der Waals surface area contributed by atoms with Gasteiger partial charge >= 0.3 is 0 Å². The number of hydrogen-bond acceptors (Lipinski definition) is 6. The molecule has 2 aliphatic heterocycles. The van der Waals surface area contributed by atoms with Gasteiger partial charge in [0, 0.05) is 39.3 Å². The molecule has 0 saturated carbocycles. The Bertz CT molecular complexity index is 953. The van der Waals surface area contributed by atoms with Crippen LogP contribution in [0.25, 0.3) is 0 Å². The molecular formula is C21H28FN7O2. The van der Waals surface area contributed by atoms with Gasteiger partial charge in [-0.1, -0.05) is 31.2 Å².